The standard InChI is InChI=1S/C8H4ClNO2.K/c9-5-3-1-2-4-6(5)8(12)10-7(4)11;/h1-3H,(H,10,11,12);. The molecule has 3 nitrogen and oxygen atoms in total. The largest absolute Gasteiger partial charge is 0.288 e. The minimum absolute atomic E-state index is 0. The molecule has 0 saturated carbocycles. The van der Waals surface area contributed by atoms with Crippen LogP contribution in [0.25, 0.3) is 0 Å². The topological polar surface area (TPSA) is 46.2 Å². The molecule has 0 saturated heterocycles. The van der Waals surface area contributed by atoms with Gasteiger partial charge < -0.3 is 0 Å². The normalized spacial score (nSPS) is 13.3. The second-order valence-electron chi connectivity index (χ2n) is 2.45. The van der Waals surface area contributed by atoms with Gasteiger partial charge in [0.15, 0.2) is 0 Å². The van der Waals surface area contributed by atoms with Crippen LogP contribution < -0.4 is 5.32 Å². The maximum absolute atomic E-state index is 11.1. The summed E-state index contributed by atoms with van der Waals surface area (Å²) in [5.41, 5.74) is 0.636. The molecule has 1 N–H and O–H groups in total. The Balaban J connectivity index is 0.000000845. The van der Waals surface area contributed by atoms with Gasteiger partial charge in [0.1, 0.15) is 0 Å². The summed E-state index contributed by atoms with van der Waals surface area (Å²) in [6, 6.07) is 4.79. The van der Waals surface area contributed by atoms with E-state index in [4.69, 9.17) is 11.6 Å². The van der Waals surface area contributed by atoms with Crippen LogP contribution in [0, 0.1) is 0 Å². The third-order valence-corrected chi connectivity index (χ3v) is 2.03. The minimum atomic E-state index is -0.416. The zero-order valence-corrected chi connectivity index (χ0v) is 10.8. The third kappa shape index (κ3) is 1.88. The van der Waals surface area contributed by atoms with Crippen molar-refractivity contribution in [3.05, 3.63) is 34.3 Å². The summed E-state index contributed by atoms with van der Waals surface area (Å²) in [6.07, 6.45) is 0. The van der Waals surface area contributed by atoms with Crippen LogP contribution in [-0.4, -0.2) is 63.2 Å². The van der Waals surface area contributed by atoms with Crippen molar-refractivity contribution in [2.75, 3.05) is 0 Å². The van der Waals surface area contributed by atoms with Gasteiger partial charge in [-0.3, -0.25) is 14.9 Å². The molecular weight excluding hydrogens is 217 g/mol. The summed E-state index contributed by atoms with van der Waals surface area (Å²) in [7, 11) is 0. The molecule has 61 valence electrons. The molecule has 0 unspecified atom stereocenters. The van der Waals surface area contributed by atoms with Gasteiger partial charge in [-0.2, -0.15) is 0 Å². The van der Waals surface area contributed by atoms with E-state index in [1.54, 1.807) is 18.2 Å². The zero-order chi connectivity index (χ0) is 8.72. The van der Waals surface area contributed by atoms with Crippen LogP contribution in [0.1, 0.15) is 20.7 Å². The number of carbonyl (C=O) groups is 2. The van der Waals surface area contributed by atoms with Gasteiger partial charge in [0.25, 0.3) is 11.8 Å². The molecule has 2 rings (SSSR count). The Morgan fingerprint density at radius 2 is 1.85 bits per heavy atom. The number of fused-ring (bicyclic) bond motifs is 1. The number of carbonyl (C=O) groups excluding carboxylic acids is 2. The molecule has 13 heavy (non-hydrogen) atoms. The Morgan fingerprint density at radius 1 is 1.15 bits per heavy atom. The van der Waals surface area contributed by atoms with Gasteiger partial charge in [-0.25, -0.2) is 0 Å². The summed E-state index contributed by atoms with van der Waals surface area (Å²) >= 11 is 5.72. The molecule has 0 spiro atoms. The van der Waals surface area contributed by atoms with Crippen LogP contribution in [0.3, 0.4) is 0 Å². The van der Waals surface area contributed by atoms with E-state index in [1.165, 1.54) is 0 Å². The van der Waals surface area contributed by atoms with Crippen molar-refractivity contribution in [1.29, 1.82) is 0 Å². The predicted molar refractivity (Wildman–Crippen MR) is 49.0 cm³/mol. The van der Waals surface area contributed by atoms with E-state index in [2.05, 4.69) is 5.32 Å². The molecule has 1 aliphatic heterocycles. The van der Waals surface area contributed by atoms with Gasteiger partial charge in [-0.15, -0.1) is 0 Å². The molecule has 1 aromatic rings. The van der Waals surface area contributed by atoms with E-state index >= 15 is 0 Å². The first-order chi connectivity index (χ1) is 5.70. The molecule has 0 bridgehead atoms. The van der Waals surface area contributed by atoms with Crippen molar-refractivity contribution in [2.45, 2.75) is 0 Å². The molecule has 0 aromatic heterocycles. The summed E-state index contributed by atoms with van der Waals surface area (Å²) in [4.78, 5) is 22.1. The number of imide groups is 1. The van der Waals surface area contributed by atoms with Crippen LogP contribution in [-0.2, 0) is 0 Å². The van der Waals surface area contributed by atoms with E-state index in [9.17, 15) is 9.59 Å². The third-order valence-electron chi connectivity index (χ3n) is 1.71. The average Bonchev–Trinajstić information content (AvgIpc) is 2.29. The molecule has 1 heterocycles. The predicted octanol–water partition coefficient (Wildman–Crippen LogP) is 0.843. The second-order valence-corrected chi connectivity index (χ2v) is 2.85. The maximum Gasteiger partial charge on any atom is 0.260 e. The van der Waals surface area contributed by atoms with Crippen LogP contribution in [0.4, 0.5) is 0 Å². The Kier molecular flexibility index (Phi) is 3.68. The van der Waals surface area contributed by atoms with E-state index in [0.717, 1.165) is 0 Å². The summed E-state index contributed by atoms with van der Waals surface area (Å²) in [5, 5.41) is 2.48. The SMILES string of the molecule is O=C1NC(=O)c2c(Cl)cccc21.[K]. The molecule has 0 atom stereocenters. The zero-order valence-electron chi connectivity index (χ0n) is 6.93. The first-order valence-electron chi connectivity index (χ1n) is 3.34. The number of hydrogen-bond donors (Lipinski definition) is 1. The number of benzene rings is 1. The second kappa shape index (κ2) is 4.21. The van der Waals surface area contributed by atoms with Gasteiger partial charge in [0, 0.05) is 51.4 Å². The Bertz CT molecular complexity index is 392. The number of nitrogens with one attached hydrogen (secondary N) is 1. The molecule has 0 fully saturated rings. The quantitative estimate of drug-likeness (QED) is 0.520. The molecule has 0 aliphatic carbocycles. The molecule has 2 amide bonds. The monoisotopic (exact) mass is 220 g/mol. The Hall–Kier alpha value is 0.286. The molecule has 1 radical (unpaired) electrons. The van der Waals surface area contributed by atoms with Gasteiger partial charge >= 0.3 is 0 Å². The van der Waals surface area contributed by atoms with Crippen molar-refractivity contribution in [3.63, 3.8) is 0 Å². The van der Waals surface area contributed by atoms with E-state index in [0.29, 0.717) is 10.6 Å². The molecule has 1 aromatic carbocycles. The van der Waals surface area contributed by atoms with Gasteiger partial charge in [-0.05, 0) is 12.1 Å². The van der Waals surface area contributed by atoms with Crippen molar-refractivity contribution in [3.8, 4) is 0 Å². The van der Waals surface area contributed by atoms with Crippen molar-refractivity contribution >= 4 is 74.8 Å². The first kappa shape index (κ1) is 11.4. The Labute approximate surface area is 122 Å². The van der Waals surface area contributed by atoms with E-state index in [-0.39, 0.29) is 62.9 Å². The van der Waals surface area contributed by atoms with E-state index < -0.39 is 5.91 Å². The summed E-state index contributed by atoms with van der Waals surface area (Å²) in [6.45, 7) is 0. The van der Waals surface area contributed by atoms with Crippen molar-refractivity contribution in [1.82, 2.24) is 5.32 Å². The van der Waals surface area contributed by atoms with Crippen LogP contribution in [0.2, 0.25) is 5.02 Å². The number of rotatable bonds is 0. The minimum Gasteiger partial charge on any atom is -0.288 e. The number of amides is 2. The van der Waals surface area contributed by atoms with Gasteiger partial charge in [-0.1, -0.05) is 17.7 Å². The summed E-state index contributed by atoms with van der Waals surface area (Å²) < 4.78 is 0. The number of hydrogen-bond acceptors (Lipinski definition) is 2. The van der Waals surface area contributed by atoms with E-state index in [1.807, 2.05) is 0 Å². The fourth-order valence-corrected chi connectivity index (χ4v) is 1.44. The Morgan fingerprint density at radius 3 is 2.46 bits per heavy atom. The molecule has 5 heteroatoms. The fraction of sp³-hybridized carbons (Fsp3) is 0. The molecule has 1 aliphatic rings. The smallest absolute Gasteiger partial charge is 0.260 e. The maximum atomic E-state index is 11.1. The van der Waals surface area contributed by atoms with Crippen LogP contribution in [0.5, 0.6) is 0 Å². The molecular formula is C8H4ClKNO2. The summed E-state index contributed by atoms with van der Waals surface area (Å²) in [5.74, 6) is -0.793. The first-order valence-corrected chi connectivity index (χ1v) is 3.72. The van der Waals surface area contributed by atoms with Crippen molar-refractivity contribution < 1.29 is 9.59 Å². The van der Waals surface area contributed by atoms with Crippen molar-refractivity contribution in [2.24, 2.45) is 0 Å². The van der Waals surface area contributed by atoms with Crippen LogP contribution >= 0.6 is 11.6 Å². The average molecular weight is 221 g/mol. The number of halogens is 1. The van der Waals surface area contributed by atoms with Gasteiger partial charge in [0.2, 0.25) is 0 Å². The fourth-order valence-electron chi connectivity index (χ4n) is 1.18. The van der Waals surface area contributed by atoms with Gasteiger partial charge in [0.05, 0.1) is 16.1 Å². The van der Waals surface area contributed by atoms with Crippen LogP contribution in [0.15, 0.2) is 18.2 Å².